The van der Waals surface area contributed by atoms with Crippen LogP contribution in [0.2, 0.25) is 0 Å². The molecule has 1 heteroatoms. The minimum absolute atomic E-state index is 0.574. The summed E-state index contributed by atoms with van der Waals surface area (Å²) in [4.78, 5) is 0. The van der Waals surface area contributed by atoms with Gasteiger partial charge in [-0.25, -0.2) is 0 Å². The van der Waals surface area contributed by atoms with Crippen molar-refractivity contribution in [3.8, 4) is 0 Å². The Morgan fingerprint density at radius 3 is 2.59 bits per heavy atom. The molecule has 0 aromatic heterocycles. The van der Waals surface area contributed by atoms with Crippen molar-refractivity contribution in [1.29, 1.82) is 0 Å². The second-order valence-corrected chi connectivity index (χ2v) is 4.78. The van der Waals surface area contributed by atoms with Gasteiger partial charge < -0.3 is 0 Å². The van der Waals surface area contributed by atoms with Gasteiger partial charge in [0.25, 0.3) is 0 Å². The second kappa shape index (κ2) is 4.62. The van der Waals surface area contributed by atoms with Crippen LogP contribution >= 0.6 is 0 Å². The molecule has 1 nitrogen and oxygen atoms in total. The zero-order chi connectivity index (χ0) is 12.4. The molecule has 1 heterocycles. The molecule has 1 aromatic rings. The van der Waals surface area contributed by atoms with Gasteiger partial charge in [0.1, 0.15) is 12.2 Å². The lowest BCUT2D eigenvalue weighted by Gasteiger charge is -2.20. The van der Waals surface area contributed by atoms with Gasteiger partial charge in [-0.2, -0.15) is 0 Å². The van der Waals surface area contributed by atoms with E-state index >= 15 is 0 Å². The number of hydrogen-bond acceptors (Lipinski definition) is 0. The minimum atomic E-state index is 0.574. The summed E-state index contributed by atoms with van der Waals surface area (Å²) in [5, 5.41) is 0. The molecule has 0 saturated carbocycles. The first-order chi connectivity index (χ1) is 8.09. The second-order valence-electron chi connectivity index (χ2n) is 4.78. The van der Waals surface area contributed by atoms with Crippen LogP contribution in [0.15, 0.2) is 42.6 Å². The highest BCUT2D eigenvalue weighted by atomic mass is 15.0. The number of nitrogens with zero attached hydrogens (tertiary/aromatic N) is 1. The third-order valence-corrected chi connectivity index (χ3v) is 3.13. The number of benzene rings is 1. The van der Waals surface area contributed by atoms with Crippen molar-refractivity contribution < 1.29 is 4.58 Å². The fourth-order valence-electron chi connectivity index (χ4n) is 2.05. The van der Waals surface area contributed by atoms with Crippen LogP contribution in [0.4, 0.5) is 0 Å². The highest BCUT2D eigenvalue weighted by Crippen LogP contribution is 2.26. The first-order valence-electron chi connectivity index (χ1n) is 6.02. The van der Waals surface area contributed by atoms with Crippen molar-refractivity contribution in [2.75, 3.05) is 0 Å². The van der Waals surface area contributed by atoms with Crippen molar-refractivity contribution in [3.05, 3.63) is 65.4 Å². The molecule has 1 aliphatic heterocycles. The van der Waals surface area contributed by atoms with Crippen LogP contribution in [-0.2, 0) is 0 Å². The lowest BCUT2D eigenvalue weighted by atomic mass is 9.94. The molecule has 1 aliphatic rings. The Kier molecular flexibility index (Phi) is 3.19. The van der Waals surface area contributed by atoms with E-state index in [2.05, 4.69) is 51.8 Å². The fraction of sp³-hybridized carbons (Fsp3) is 0.250. The Hall–Kier alpha value is -1.76. The number of rotatable bonds is 2. The van der Waals surface area contributed by atoms with Crippen molar-refractivity contribution >= 4 is 6.72 Å². The van der Waals surface area contributed by atoms with Crippen LogP contribution in [0.5, 0.6) is 0 Å². The SMILES string of the molecule is C=[N+]1C=CC=C[C-]1c1ccc(C(C)C)cc1C. The van der Waals surface area contributed by atoms with E-state index in [1.165, 1.54) is 16.7 Å². The lowest BCUT2D eigenvalue weighted by Crippen LogP contribution is -2.14. The summed E-state index contributed by atoms with van der Waals surface area (Å²) < 4.78 is 1.91. The molecule has 0 saturated heterocycles. The molecule has 0 unspecified atom stereocenters. The van der Waals surface area contributed by atoms with Gasteiger partial charge in [0.05, 0.1) is 6.72 Å². The average Bonchev–Trinajstić information content (AvgIpc) is 2.30. The highest BCUT2D eigenvalue weighted by Gasteiger charge is 2.15. The van der Waals surface area contributed by atoms with Crippen LogP contribution < -0.4 is 0 Å². The van der Waals surface area contributed by atoms with E-state index in [4.69, 9.17) is 0 Å². The molecule has 1 aromatic carbocycles. The number of aryl methyl sites for hydroxylation is 1. The van der Waals surface area contributed by atoms with Crippen LogP contribution in [0, 0.1) is 13.0 Å². The van der Waals surface area contributed by atoms with Gasteiger partial charge in [-0.3, -0.25) is 4.58 Å². The first kappa shape index (κ1) is 11.7. The summed E-state index contributed by atoms with van der Waals surface area (Å²) in [6, 6.07) is 7.83. The summed E-state index contributed by atoms with van der Waals surface area (Å²) in [7, 11) is 0. The maximum Gasteiger partial charge on any atom is 0.147 e. The topological polar surface area (TPSA) is 3.01 Å². The monoisotopic (exact) mass is 225 g/mol. The molecule has 2 rings (SSSR count). The van der Waals surface area contributed by atoms with Gasteiger partial charge in [-0.15, -0.1) is 12.1 Å². The zero-order valence-electron chi connectivity index (χ0n) is 10.8. The smallest absolute Gasteiger partial charge is 0.147 e. The van der Waals surface area contributed by atoms with E-state index in [0.29, 0.717) is 5.92 Å². The van der Waals surface area contributed by atoms with E-state index in [9.17, 15) is 0 Å². The third kappa shape index (κ3) is 2.33. The molecule has 0 amide bonds. The molecule has 0 fully saturated rings. The molecule has 0 bridgehead atoms. The van der Waals surface area contributed by atoms with Gasteiger partial charge in [0.15, 0.2) is 0 Å². The Morgan fingerprint density at radius 1 is 1.24 bits per heavy atom. The summed E-state index contributed by atoms with van der Waals surface area (Å²) in [6.45, 7) is 10.6. The molecular formula is C16H19N. The van der Waals surface area contributed by atoms with Crippen molar-refractivity contribution in [2.45, 2.75) is 26.7 Å². The maximum atomic E-state index is 4.01. The van der Waals surface area contributed by atoms with Crippen molar-refractivity contribution in [3.63, 3.8) is 0 Å². The van der Waals surface area contributed by atoms with Crippen molar-refractivity contribution in [2.24, 2.45) is 0 Å². The van der Waals surface area contributed by atoms with Gasteiger partial charge in [-0.1, -0.05) is 50.1 Å². The molecule has 0 N–H and O–H groups in total. The predicted molar refractivity (Wildman–Crippen MR) is 73.3 cm³/mol. The maximum absolute atomic E-state index is 4.01. The Labute approximate surface area is 104 Å². The van der Waals surface area contributed by atoms with Crippen LogP contribution in [-0.4, -0.2) is 11.3 Å². The Bertz CT molecular complexity index is 492. The molecule has 0 radical (unpaired) electrons. The third-order valence-electron chi connectivity index (χ3n) is 3.13. The Balaban J connectivity index is 2.37. The minimum Gasteiger partial charge on any atom is -0.255 e. The number of allylic oxidation sites excluding steroid dienone is 2. The standard InChI is InChI=1S/C16H19N/c1-12(2)14-8-9-15(13(3)11-14)16-7-5-6-10-17(16)4/h5-12H,4H2,1-3H3. The largest absolute Gasteiger partial charge is 0.255 e. The molecule has 0 aliphatic carbocycles. The average molecular weight is 225 g/mol. The molecule has 88 valence electrons. The first-order valence-corrected chi connectivity index (χ1v) is 6.02. The summed E-state index contributed by atoms with van der Waals surface area (Å²) in [5.74, 6) is 0.574. The molecule has 0 spiro atoms. The normalized spacial score (nSPS) is 14.8. The molecule has 17 heavy (non-hydrogen) atoms. The van der Waals surface area contributed by atoms with Crippen LogP contribution in [0.1, 0.15) is 36.5 Å². The van der Waals surface area contributed by atoms with Crippen LogP contribution in [0.3, 0.4) is 0 Å². The van der Waals surface area contributed by atoms with E-state index < -0.39 is 0 Å². The predicted octanol–water partition coefficient (Wildman–Crippen LogP) is 3.80. The Morgan fingerprint density at radius 2 is 2.00 bits per heavy atom. The summed E-state index contributed by atoms with van der Waals surface area (Å²) in [5.41, 5.74) is 3.95. The quantitative estimate of drug-likeness (QED) is 0.532. The van der Waals surface area contributed by atoms with Crippen LogP contribution in [0.25, 0.3) is 0 Å². The highest BCUT2D eigenvalue weighted by molar-refractivity contribution is 5.44. The lowest BCUT2D eigenvalue weighted by molar-refractivity contribution is -0.417. The van der Waals surface area contributed by atoms with Crippen molar-refractivity contribution in [1.82, 2.24) is 0 Å². The van der Waals surface area contributed by atoms with Gasteiger partial charge in [-0.05, 0) is 17.6 Å². The zero-order valence-corrected chi connectivity index (χ0v) is 10.8. The van der Waals surface area contributed by atoms with Gasteiger partial charge >= 0.3 is 0 Å². The van der Waals surface area contributed by atoms with E-state index in [0.717, 1.165) is 6.04 Å². The fourth-order valence-corrected chi connectivity index (χ4v) is 2.05. The van der Waals surface area contributed by atoms with E-state index in [1.807, 2.05) is 22.9 Å². The molecular weight excluding hydrogens is 206 g/mol. The van der Waals surface area contributed by atoms with Gasteiger partial charge in [0.2, 0.25) is 0 Å². The summed E-state index contributed by atoms with van der Waals surface area (Å²) >= 11 is 0. The van der Waals surface area contributed by atoms with Gasteiger partial charge in [0, 0.05) is 0 Å². The van der Waals surface area contributed by atoms with E-state index in [-0.39, 0.29) is 0 Å². The number of hydrogen-bond donors (Lipinski definition) is 0. The summed E-state index contributed by atoms with van der Waals surface area (Å²) in [6.07, 6.45) is 8.12. The molecule has 0 atom stereocenters. The van der Waals surface area contributed by atoms with E-state index in [1.54, 1.807) is 0 Å².